The number of carboxylic acid groups (broad SMARTS) is 1. The zero-order valence-electron chi connectivity index (χ0n) is 16.7. The molecular weight excluding hydrogens is 402 g/mol. The number of urea groups is 1. The molecule has 4 rings (SSSR count). The van der Waals surface area contributed by atoms with Crippen LogP contribution in [0.5, 0.6) is 0 Å². The summed E-state index contributed by atoms with van der Waals surface area (Å²) in [6.07, 6.45) is 0.560. The number of anilines is 1. The van der Waals surface area contributed by atoms with Crippen LogP contribution in [0.2, 0.25) is 0 Å². The third kappa shape index (κ3) is 3.22. The smallest absolute Gasteiger partial charge is 0.329 e. The zero-order valence-corrected chi connectivity index (χ0v) is 16.7. The first kappa shape index (κ1) is 20.5. The molecule has 4 atom stereocenters. The van der Waals surface area contributed by atoms with Gasteiger partial charge in [0.2, 0.25) is 0 Å². The molecule has 1 aliphatic carbocycles. The van der Waals surface area contributed by atoms with Crippen LogP contribution in [-0.4, -0.2) is 38.3 Å². The molecule has 1 saturated heterocycles. The number of nitrogens with zero attached hydrogens (tertiary/aromatic N) is 2. The highest BCUT2D eigenvalue weighted by atomic mass is 16.6. The minimum Gasteiger partial charge on any atom is -0.479 e. The number of nitro benzene ring substituents is 1. The lowest BCUT2D eigenvalue weighted by Crippen LogP contribution is -2.56. The average molecular weight is 423 g/mol. The average Bonchev–Trinajstić information content (AvgIpc) is 3.25. The molecule has 0 aromatic heterocycles. The van der Waals surface area contributed by atoms with Crippen LogP contribution in [0.15, 0.2) is 54.6 Å². The topological polar surface area (TPSA) is 130 Å². The number of ketones is 1. The summed E-state index contributed by atoms with van der Waals surface area (Å²) in [5.74, 6) is -2.69. The first-order chi connectivity index (χ1) is 14.7. The van der Waals surface area contributed by atoms with Gasteiger partial charge in [-0.15, -0.1) is 0 Å². The number of amides is 2. The summed E-state index contributed by atoms with van der Waals surface area (Å²) in [6, 6.07) is 12.7. The Morgan fingerprint density at radius 1 is 1.19 bits per heavy atom. The van der Waals surface area contributed by atoms with Gasteiger partial charge in [0, 0.05) is 36.1 Å². The first-order valence-electron chi connectivity index (χ1n) is 9.91. The Balaban J connectivity index is 1.85. The van der Waals surface area contributed by atoms with Crippen molar-refractivity contribution in [2.75, 3.05) is 5.32 Å². The molecule has 9 heteroatoms. The van der Waals surface area contributed by atoms with Crippen LogP contribution in [0.3, 0.4) is 0 Å². The van der Waals surface area contributed by atoms with E-state index in [0.717, 1.165) is 0 Å². The molecule has 160 valence electrons. The number of carboxylic acids is 1. The lowest BCUT2D eigenvalue weighted by atomic mass is 9.81. The van der Waals surface area contributed by atoms with E-state index in [4.69, 9.17) is 0 Å². The number of hydrogen-bond donors (Lipinski definition) is 2. The summed E-state index contributed by atoms with van der Waals surface area (Å²) in [5.41, 5.74) is -0.994. The summed E-state index contributed by atoms with van der Waals surface area (Å²) < 4.78 is 0. The second-order valence-electron chi connectivity index (χ2n) is 8.05. The summed E-state index contributed by atoms with van der Waals surface area (Å²) in [7, 11) is 0. The lowest BCUT2D eigenvalue weighted by molar-refractivity contribution is -0.385. The van der Waals surface area contributed by atoms with Crippen LogP contribution in [0.25, 0.3) is 0 Å². The molecular formula is C22H21N3O6. The number of likely N-dealkylation sites (tertiary alicyclic amines) is 1. The SMILES string of the molecule is CC1(C(=O)O)C2CCC(=O)C2C(c2cccc([N+](=O)[O-])c2)N1C(=O)Nc1ccccc1. The molecule has 2 aromatic carbocycles. The maximum absolute atomic E-state index is 13.4. The number of rotatable bonds is 4. The predicted molar refractivity (Wildman–Crippen MR) is 110 cm³/mol. The molecule has 2 N–H and O–H groups in total. The van der Waals surface area contributed by atoms with Gasteiger partial charge in [-0.2, -0.15) is 0 Å². The van der Waals surface area contributed by atoms with Gasteiger partial charge in [-0.25, -0.2) is 9.59 Å². The van der Waals surface area contributed by atoms with Crippen LogP contribution in [0.1, 0.15) is 31.4 Å². The Morgan fingerprint density at radius 2 is 1.90 bits per heavy atom. The van der Waals surface area contributed by atoms with Crippen molar-refractivity contribution in [1.82, 2.24) is 4.90 Å². The Kier molecular flexibility index (Phi) is 4.96. The second kappa shape index (κ2) is 7.50. The molecule has 4 unspecified atom stereocenters. The van der Waals surface area contributed by atoms with Gasteiger partial charge in [-0.3, -0.25) is 14.9 Å². The molecule has 0 radical (unpaired) electrons. The number of non-ortho nitro benzene ring substituents is 1. The third-order valence-corrected chi connectivity index (χ3v) is 6.45. The van der Waals surface area contributed by atoms with Crippen molar-refractivity contribution in [3.05, 3.63) is 70.3 Å². The summed E-state index contributed by atoms with van der Waals surface area (Å²) in [6.45, 7) is 1.45. The van der Waals surface area contributed by atoms with Crippen LogP contribution < -0.4 is 5.32 Å². The van der Waals surface area contributed by atoms with Crippen LogP contribution >= 0.6 is 0 Å². The Labute approximate surface area is 177 Å². The van der Waals surface area contributed by atoms with E-state index in [2.05, 4.69) is 5.32 Å². The van der Waals surface area contributed by atoms with E-state index in [-0.39, 0.29) is 17.9 Å². The monoisotopic (exact) mass is 423 g/mol. The predicted octanol–water partition coefficient (Wildman–Crippen LogP) is 3.62. The number of hydrogen-bond acceptors (Lipinski definition) is 5. The molecule has 2 aromatic rings. The zero-order chi connectivity index (χ0) is 22.3. The fourth-order valence-corrected chi connectivity index (χ4v) is 5.01. The highest BCUT2D eigenvalue weighted by Crippen LogP contribution is 2.56. The minimum atomic E-state index is -1.65. The highest BCUT2D eigenvalue weighted by Gasteiger charge is 2.66. The first-order valence-corrected chi connectivity index (χ1v) is 9.91. The van der Waals surface area contributed by atoms with Gasteiger partial charge in [-0.05, 0) is 31.0 Å². The molecule has 2 fully saturated rings. The molecule has 31 heavy (non-hydrogen) atoms. The Morgan fingerprint density at radius 3 is 2.55 bits per heavy atom. The summed E-state index contributed by atoms with van der Waals surface area (Å²) >= 11 is 0. The van der Waals surface area contributed by atoms with Crippen molar-refractivity contribution >= 4 is 29.2 Å². The summed E-state index contributed by atoms with van der Waals surface area (Å²) in [4.78, 5) is 50.6. The number of aliphatic carboxylic acids is 1. The summed E-state index contributed by atoms with van der Waals surface area (Å²) in [5, 5.41) is 24.2. The largest absolute Gasteiger partial charge is 0.479 e. The van der Waals surface area contributed by atoms with E-state index in [1.807, 2.05) is 0 Å². The van der Waals surface area contributed by atoms with E-state index in [9.17, 15) is 29.6 Å². The number of para-hydroxylation sites is 1. The van der Waals surface area contributed by atoms with Gasteiger partial charge in [0.15, 0.2) is 0 Å². The van der Waals surface area contributed by atoms with Crippen LogP contribution in [0, 0.1) is 22.0 Å². The van der Waals surface area contributed by atoms with Crippen molar-refractivity contribution in [2.45, 2.75) is 31.3 Å². The molecule has 0 spiro atoms. The van der Waals surface area contributed by atoms with Gasteiger partial charge in [0.1, 0.15) is 11.3 Å². The molecule has 2 aliphatic rings. The number of carbonyl (C=O) groups is 3. The molecule has 1 heterocycles. The molecule has 9 nitrogen and oxygen atoms in total. The number of nitrogens with one attached hydrogen (secondary N) is 1. The van der Waals surface area contributed by atoms with Crippen molar-refractivity contribution in [3.8, 4) is 0 Å². The van der Waals surface area contributed by atoms with E-state index in [1.165, 1.54) is 30.0 Å². The Bertz CT molecular complexity index is 1070. The highest BCUT2D eigenvalue weighted by molar-refractivity contribution is 5.98. The number of carbonyl (C=O) groups excluding carboxylic acids is 2. The molecule has 0 bridgehead atoms. The molecule has 2 amide bonds. The van der Waals surface area contributed by atoms with Crippen molar-refractivity contribution < 1.29 is 24.4 Å². The fraction of sp³-hybridized carbons (Fsp3) is 0.318. The van der Waals surface area contributed by atoms with E-state index in [1.54, 1.807) is 36.4 Å². The van der Waals surface area contributed by atoms with Gasteiger partial charge in [0.05, 0.1) is 11.0 Å². The van der Waals surface area contributed by atoms with Crippen molar-refractivity contribution in [1.29, 1.82) is 0 Å². The van der Waals surface area contributed by atoms with Gasteiger partial charge in [-0.1, -0.05) is 30.3 Å². The van der Waals surface area contributed by atoms with Gasteiger partial charge in [0.25, 0.3) is 5.69 Å². The number of Topliss-reactive ketones (excluding diaryl/α,β-unsaturated/α-hetero) is 1. The number of fused-ring (bicyclic) bond motifs is 1. The van der Waals surface area contributed by atoms with E-state index < -0.39 is 40.3 Å². The van der Waals surface area contributed by atoms with Crippen LogP contribution in [-0.2, 0) is 9.59 Å². The van der Waals surface area contributed by atoms with E-state index >= 15 is 0 Å². The Hall–Kier alpha value is -3.75. The van der Waals surface area contributed by atoms with Gasteiger partial charge >= 0.3 is 12.0 Å². The normalized spacial score (nSPS) is 27.1. The van der Waals surface area contributed by atoms with Crippen molar-refractivity contribution in [3.63, 3.8) is 0 Å². The van der Waals surface area contributed by atoms with Gasteiger partial charge < -0.3 is 15.3 Å². The fourth-order valence-electron chi connectivity index (χ4n) is 5.01. The number of benzene rings is 2. The minimum absolute atomic E-state index is 0.135. The standard InChI is InChI=1S/C22H21N3O6/c1-22(20(27)28)16-10-11-17(26)18(16)19(13-6-5-9-15(12-13)25(30)31)24(22)21(29)23-14-7-3-2-4-8-14/h2-9,12,16,18-19H,10-11H2,1H3,(H,23,29)(H,27,28). The maximum Gasteiger partial charge on any atom is 0.329 e. The van der Waals surface area contributed by atoms with Crippen molar-refractivity contribution in [2.24, 2.45) is 11.8 Å². The molecule has 1 aliphatic heterocycles. The second-order valence-corrected chi connectivity index (χ2v) is 8.05. The third-order valence-electron chi connectivity index (χ3n) is 6.45. The maximum atomic E-state index is 13.4. The number of nitro groups is 1. The van der Waals surface area contributed by atoms with E-state index in [0.29, 0.717) is 17.7 Å². The quantitative estimate of drug-likeness (QED) is 0.571. The lowest BCUT2D eigenvalue weighted by Gasteiger charge is -2.37. The van der Waals surface area contributed by atoms with Crippen LogP contribution in [0.4, 0.5) is 16.2 Å². The molecule has 1 saturated carbocycles.